The Kier molecular flexibility index (Phi) is 52.5. The van der Waals surface area contributed by atoms with Gasteiger partial charge in [-0.2, -0.15) is 0 Å². The summed E-state index contributed by atoms with van der Waals surface area (Å²) in [7, 11) is 0. The smallest absolute Gasteiger partial charge is 0.220 e. The molecule has 14 heteroatoms. The van der Waals surface area contributed by atoms with Crippen molar-refractivity contribution in [2.45, 2.75) is 299 Å². The number of amides is 1. The lowest BCUT2D eigenvalue weighted by molar-refractivity contribution is -0.359. The number of hydrogen-bond donors (Lipinski definition) is 9. The van der Waals surface area contributed by atoms with Crippen LogP contribution in [-0.4, -0.2) is 140 Å². The van der Waals surface area contributed by atoms with Gasteiger partial charge in [0.1, 0.15) is 48.8 Å². The van der Waals surface area contributed by atoms with E-state index in [2.05, 4.69) is 153 Å². The SMILES string of the molecule is CC/C=C\C/C=C\C/C=C\C/C=C\C/C=C\C/C=C\C/C=C\C/C=C\C/C=C\CCCCCCCCCCCCCCCC(=O)NC(COC1OC(CO)C(OC2OC(CO)C(O)C(O)C2O)C(O)C1O)C(O)/C=C/CC/C=C/CC/C=C/CCCCCC. The molecule has 0 aromatic rings. The van der Waals surface area contributed by atoms with Gasteiger partial charge in [-0.1, -0.05) is 250 Å². The van der Waals surface area contributed by atoms with E-state index in [1.807, 2.05) is 6.08 Å². The van der Waals surface area contributed by atoms with Gasteiger partial charge < -0.3 is 65.1 Å². The van der Waals surface area contributed by atoms with Crippen molar-refractivity contribution in [2.24, 2.45) is 0 Å². The molecule has 2 aliphatic heterocycles. The van der Waals surface area contributed by atoms with Crippen molar-refractivity contribution in [1.29, 1.82) is 0 Å². The highest BCUT2D eigenvalue weighted by Crippen LogP contribution is 2.30. The second-order valence-corrected chi connectivity index (χ2v) is 23.5. The Morgan fingerprint density at radius 3 is 1.24 bits per heavy atom. The van der Waals surface area contributed by atoms with Gasteiger partial charge in [-0.15, -0.1) is 0 Å². The second-order valence-electron chi connectivity index (χ2n) is 23.5. The summed E-state index contributed by atoms with van der Waals surface area (Å²) in [6.45, 7) is 2.62. The summed E-state index contributed by atoms with van der Waals surface area (Å²) in [5.74, 6) is -0.261. The van der Waals surface area contributed by atoms with E-state index in [4.69, 9.17) is 18.9 Å². The zero-order valence-electron chi connectivity index (χ0n) is 54.9. The van der Waals surface area contributed by atoms with Crippen LogP contribution < -0.4 is 5.32 Å². The Hall–Kier alpha value is -4.13. The quantitative estimate of drug-likeness (QED) is 0.0204. The van der Waals surface area contributed by atoms with E-state index in [1.54, 1.807) is 6.08 Å². The lowest BCUT2D eigenvalue weighted by atomic mass is 9.97. The number of nitrogens with one attached hydrogen (secondary N) is 1. The summed E-state index contributed by atoms with van der Waals surface area (Å²) in [6, 6.07) is -0.947. The van der Waals surface area contributed by atoms with Gasteiger partial charge in [-0.05, 0) is 116 Å². The van der Waals surface area contributed by atoms with Gasteiger partial charge in [-0.3, -0.25) is 4.79 Å². The van der Waals surface area contributed by atoms with E-state index in [0.29, 0.717) is 12.8 Å². The third-order valence-corrected chi connectivity index (χ3v) is 15.7. The molecule has 506 valence electrons. The van der Waals surface area contributed by atoms with E-state index in [0.717, 1.165) is 109 Å². The molecule has 9 N–H and O–H groups in total. The summed E-state index contributed by atoms with van der Waals surface area (Å²) < 4.78 is 22.8. The summed E-state index contributed by atoms with van der Waals surface area (Å²) in [4.78, 5) is 13.3. The van der Waals surface area contributed by atoms with Crippen LogP contribution in [0.3, 0.4) is 0 Å². The fourth-order valence-corrected chi connectivity index (χ4v) is 10.3. The molecule has 2 fully saturated rings. The lowest BCUT2D eigenvalue weighted by Crippen LogP contribution is -2.65. The number of hydrogen-bond acceptors (Lipinski definition) is 13. The molecule has 2 saturated heterocycles. The fourth-order valence-electron chi connectivity index (χ4n) is 10.3. The van der Waals surface area contributed by atoms with Crippen LogP contribution in [0.1, 0.15) is 226 Å². The summed E-state index contributed by atoms with van der Waals surface area (Å²) in [5, 5.41) is 87.2. The lowest BCUT2D eigenvalue weighted by Gasteiger charge is -2.46. The van der Waals surface area contributed by atoms with E-state index < -0.39 is 86.8 Å². The van der Waals surface area contributed by atoms with Crippen LogP contribution in [0, 0.1) is 0 Å². The molecule has 14 nitrogen and oxygen atoms in total. The Balaban J connectivity index is 1.61. The molecule has 0 bridgehead atoms. The van der Waals surface area contributed by atoms with Crippen LogP contribution in [0.15, 0.2) is 146 Å². The normalized spacial score (nSPS) is 24.0. The maximum Gasteiger partial charge on any atom is 0.220 e. The molecule has 0 spiro atoms. The molecule has 2 rings (SSSR count). The predicted octanol–water partition coefficient (Wildman–Crippen LogP) is 14.1. The maximum absolute atomic E-state index is 13.3. The van der Waals surface area contributed by atoms with Crippen LogP contribution in [0.25, 0.3) is 0 Å². The standard InChI is InChI=1S/C75H123NO13/c1-3-5-7-9-11-13-15-17-19-20-21-22-23-24-25-26-27-28-29-30-31-32-33-34-35-36-37-38-39-40-41-42-43-44-45-47-49-51-53-55-57-59-67(80)76-63(64(79)58-56-54-52-50-48-46-18-16-14-12-10-8-6-4-2)62-86-74-72(85)70(83)73(66(61-78)88-74)89-75-71(84)69(82)68(81)65(60-77)87-75/h5,7,11,13-14,16-17,19,21-22,24-25,27-28,30-31,33-34,36-37,48,50,56,58,63-66,68-75,77-79,81-85H,3-4,6,8-10,12,15,18,20,23,26,29,32,35,38-47,49,51-55,57,59-62H2,1-2H3,(H,76,80)/b7-5-,13-11-,16-14+,19-17-,22-21-,25-24-,28-27-,31-30-,34-33-,37-36-,50-48+,58-56+. The van der Waals surface area contributed by atoms with E-state index in [9.17, 15) is 45.6 Å². The van der Waals surface area contributed by atoms with Crippen LogP contribution in [0.4, 0.5) is 0 Å². The fraction of sp³-hybridized carbons (Fsp3) is 0.667. The third kappa shape index (κ3) is 41.9. The number of aliphatic hydroxyl groups excluding tert-OH is 8. The van der Waals surface area contributed by atoms with Crippen LogP contribution >= 0.6 is 0 Å². The zero-order chi connectivity index (χ0) is 64.5. The van der Waals surface area contributed by atoms with Gasteiger partial charge >= 0.3 is 0 Å². The van der Waals surface area contributed by atoms with Crippen molar-refractivity contribution >= 4 is 5.91 Å². The van der Waals surface area contributed by atoms with Gasteiger partial charge in [0.15, 0.2) is 12.6 Å². The Labute approximate surface area is 538 Å². The Morgan fingerprint density at radius 1 is 0.416 bits per heavy atom. The van der Waals surface area contributed by atoms with Crippen molar-refractivity contribution in [3.8, 4) is 0 Å². The minimum Gasteiger partial charge on any atom is -0.394 e. The van der Waals surface area contributed by atoms with Gasteiger partial charge in [0, 0.05) is 6.42 Å². The first-order valence-corrected chi connectivity index (χ1v) is 34.6. The van der Waals surface area contributed by atoms with Crippen LogP contribution in [0.2, 0.25) is 0 Å². The summed E-state index contributed by atoms with van der Waals surface area (Å²) in [6.07, 6.45) is 70.5. The van der Waals surface area contributed by atoms with E-state index in [-0.39, 0.29) is 18.9 Å². The highest BCUT2D eigenvalue weighted by molar-refractivity contribution is 5.76. The van der Waals surface area contributed by atoms with Gasteiger partial charge in [0.2, 0.25) is 5.91 Å². The first-order valence-electron chi connectivity index (χ1n) is 34.6. The van der Waals surface area contributed by atoms with Crippen LogP contribution in [-0.2, 0) is 23.7 Å². The largest absolute Gasteiger partial charge is 0.394 e. The number of carbonyl (C=O) groups excluding carboxylic acids is 1. The topological polar surface area (TPSA) is 228 Å². The molecule has 0 aromatic carbocycles. The number of carbonyl (C=O) groups is 1. The van der Waals surface area contributed by atoms with Crippen LogP contribution in [0.5, 0.6) is 0 Å². The third-order valence-electron chi connectivity index (χ3n) is 15.7. The van der Waals surface area contributed by atoms with Crippen molar-refractivity contribution in [2.75, 3.05) is 19.8 Å². The number of unbranched alkanes of at least 4 members (excludes halogenated alkanes) is 19. The van der Waals surface area contributed by atoms with Gasteiger partial charge in [-0.25, -0.2) is 0 Å². The number of aliphatic hydroxyl groups is 8. The highest BCUT2D eigenvalue weighted by atomic mass is 16.7. The van der Waals surface area contributed by atoms with Crippen molar-refractivity contribution < 1.29 is 64.6 Å². The first-order chi connectivity index (χ1) is 43.6. The number of rotatable bonds is 54. The summed E-state index contributed by atoms with van der Waals surface area (Å²) in [5.41, 5.74) is 0. The summed E-state index contributed by atoms with van der Waals surface area (Å²) >= 11 is 0. The van der Waals surface area contributed by atoms with Gasteiger partial charge in [0.05, 0.1) is 32.0 Å². The monoisotopic (exact) mass is 1250 g/mol. The second kappa shape index (κ2) is 57.7. The molecule has 12 atom stereocenters. The molecule has 0 aliphatic carbocycles. The maximum atomic E-state index is 13.3. The molecule has 12 unspecified atom stereocenters. The predicted molar refractivity (Wildman–Crippen MR) is 364 cm³/mol. The number of allylic oxidation sites excluding steroid dienone is 23. The minimum absolute atomic E-state index is 0.260. The van der Waals surface area contributed by atoms with E-state index in [1.165, 1.54) is 83.5 Å². The molecule has 1 amide bonds. The molecule has 0 aromatic heterocycles. The Bertz CT molecular complexity index is 2050. The average molecular weight is 1250 g/mol. The molecule has 89 heavy (non-hydrogen) atoms. The highest BCUT2D eigenvalue weighted by Gasteiger charge is 2.51. The Morgan fingerprint density at radius 2 is 0.787 bits per heavy atom. The average Bonchev–Trinajstić information content (AvgIpc) is 2.74. The van der Waals surface area contributed by atoms with Crippen molar-refractivity contribution in [1.82, 2.24) is 5.32 Å². The molecule has 2 aliphatic rings. The van der Waals surface area contributed by atoms with E-state index >= 15 is 0 Å². The zero-order valence-corrected chi connectivity index (χ0v) is 54.9. The molecular weight excluding hydrogens is 1120 g/mol. The molecular formula is C75H123NO13. The van der Waals surface area contributed by atoms with Crippen molar-refractivity contribution in [3.05, 3.63) is 146 Å². The first kappa shape index (κ1) is 81.0. The van der Waals surface area contributed by atoms with Crippen molar-refractivity contribution in [3.63, 3.8) is 0 Å². The van der Waals surface area contributed by atoms with Gasteiger partial charge in [0.25, 0.3) is 0 Å². The molecule has 2 heterocycles. The number of ether oxygens (including phenoxy) is 4. The molecule has 0 radical (unpaired) electrons. The molecule has 0 saturated carbocycles. The minimum atomic E-state index is -1.80.